The van der Waals surface area contributed by atoms with E-state index in [0.717, 1.165) is 43.9 Å². The SMILES string of the molecule is Cn1cc([C@@H]2CCCN2C(=O)c2ccc(N3CCCC3)nc2)cn1. The van der Waals surface area contributed by atoms with Crippen molar-refractivity contribution in [3.05, 3.63) is 41.9 Å². The first-order valence-corrected chi connectivity index (χ1v) is 8.73. The Morgan fingerprint density at radius 1 is 1.12 bits per heavy atom. The molecule has 6 heteroatoms. The molecule has 0 N–H and O–H groups in total. The lowest BCUT2D eigenvalue weighted by Crippen LogP contribution is -2.30. The fraction of sp³-hybridized carbons (Fsp3) is 0.500. The number of hydrogen-bond acceptors (Lipinski definition) is 4. The molecule has 126 valence electrons. The third-order valence-corrected chi connectivity index (χ3v) is 5.05. The zero-order chi connectivity index (χ0) is 16.5. The minimum atomic E-state index is 0.0711. The number of rotatable bonds is 3. The fourth-order valence-corrected chi connectivity index (χ4v) is 3.78. The van der Waals surface area contributed by atoms with Crippen LogP contribution in [0, 0.1) is 0 Å². The highest BCUT2D eigenvalue weighted by Crippen LogP contribution is 2.33. The highest BCUT2D eigenvalue weighted by molar-refractivity contribution is 5.94. The maximum atomic E-state index is 12.9. The summed E-state index contributed by atoms with van der Waals surface area (Å²) in [6.45, 7) is 2.93. The summed E-state index contributed by atoms with van der Waals surface area (Å²) in [5, 5.41) is 4.24. The van der Waals surface area contributed by atoms with Crippen LogP contribution in [-0.4, -0.2) is 45.2 Å². The summed E-state index contributed by atoms with van der Waals surface area (Å²) >= 11 is 0. The summed E-state index contributed by atoms with van der Waals surface area (Å²) in [6.07, 6.45) is 10.1. The summed E-state index contributed by atoms with van der Waals surface area (Å²) in [7, 11) is 1.91. The van der Waals surface area contributed by atoms with Crippen molar-refractivity contribution in [3.63, 3.8) is 0 Å². The third-order valence-electron chi connectivity index (χ3n) is 5.05. The molecule has 4 heterocycles. The molecule has 2 aliphatic rings. The van der Waals surface area contributed by atoms with Crippen LogP contribution in [0.15, 0.2) is 30.7 Å². The number of pyridine rings is 1. The third kappa shape index (κ3) is 2.77. The molecule has 4 rings (SSSR count). The van der Waals surface area contributed by atoms with E-state index in [2.05, 4.69) is 15.0 Å². The number of carbonyl (C=O) groups excluding carboxylic acids is 1. The molecule has 2 aromatic heterocycles. The molecule has 6 nitrogen and oxygen atoms in total. The summed E-state index contributed by atoms with van der Waals surface area (Å²) in [4.78, 5) is 21.7. The molecule has 2 aromatic rings. The number of aromatic nitrogens is 3. The van der Waals surface area contributed by atoms with Crippen molar-refractivity contribution in [2.45, 2.75) is 31.7 Å². The van der Waals surface area contributed by atoms with E-state index in [0.29, 0.717) is 5.56 Å². The van der Waals surface area contributed by atoms with Crippen molar-refractivity contribution in [2.24, 2.45) is 7.05 Å². The van der Waals surface area contributed by atoms with Crippen molar-refractivity contribution in [3.8, 4) is 0 Å². The van der Waals surface area contributed by atoms with Gasteiger partial charge in [-0.2, -0.15) is 5.10 Å². The Morgan fingerprint density at radius 2 is 1.96 bits per heavy atom. The molecule has 0 radical (unpaired) electrons. The zero-order valence-electron chi connectivity index (χ0n) is 14.1. The maximum absolute atomic E-state index is 12.9. The largest absolute Gasteiger partial charge is 0.357 e. The van der Waals surface area contributed by atoms with Crippen LogP contribution in [0.2, 0.25) is 0 Å². The van der Waals surface area contributed by atoms with E-state index in [9.17, 15) is 4.79 Å². The molecule has 1 atom stereocenters. The Hall–Kier alpha value is -2.37. The van der Waals surface area contributed by atoms with Gasteiger partial charge in [-0.1, -0.05) is 0 Å². The minimum absolute atomic E-state index is 0.0711. The van der Waals surface area contributed by atoms with Gasteiger partial charge in [-0.25, -0.2) is 4.98 Å². The number of hydrogen-bond donors (Lipinski definition) is 0. The molecule has 1 amide bonds. The number of aryl methyl sites for hydroxylation is 1. The van der Waals surface area contributed by atoms with Crippen LogP contribution in [-0.2, 0) is 7.05 Å². The first-order chi connectivity index (χ1) is 11.7. The van der Waals surface area contributed by atoms with E-state index in [4.69, 9.17) is 0 Å². The van der Waals surface area contributed by atoms with Crippen LogP contribution >= 0.6 is 0 Å². The number of amides is 1. The molecule has 0 unspecified atom stereocenters. The van der Waals surface area contributed by atoms with E-state index in [1.54, 1.807) is 10.9 Å². The van der Waals surface area contributed by atoms with Gasteiger partial charge in [-0.3, -0.25) is 9.48 Å². The Labute approximate surface area is 142 Å². The van der Waals surface area contributed by atoms with Crippen molar-refractivity contribution in [1.82, 2.24) is 19.7 Å². The highest BCUT2D eigenvalue weighted by atomic mass is 16.2. The number of nitrogens with zero attached hydrogens (tertiary/aromatic N) is 5. The second-order valence-electron chi connectivity index (χ2n) is 6.70. The Balaban J connectivity index is 1.52. The molecule has 2 fully saturated rings. The summed E-state index contributed by atoms with van der Waals surface area (Å²) in [6, 6.07) is 4.03. The number of anilines is 1. The molecule has 0 bridgehead atoms. The van der Waals surface area contributed by atoms with Gasteiger partial charge in [0.1, 0.15) is 5.82 Å². The fourth-order valence-electron chi connectivity index (χ4n) is 3.78. The molecule has 0 aliphatic carbocycles. The molecular formula is C18H23N5O. The maximum Gasteiger partial charge on any atom is 0.255 e. The summed E-state index contributed by atoms with van der Waals surface area (Å²) < 4.78 is 1.79. The first-order valence-electron chi connectivity index (χ1n) is 8.73. The van der Waals surface area contributed by atoms with E-state index < -0.39 is 0 Å². The lowest BCUT2D eigenvalue weighted by Gasteiger charge is -2.24. The van der Waals surface area contributed by atoms with Gasteiger partial charge in [0.25, 0.3) is 5.91 Å². The lowest BCUT2D eigenvalue weighted by atomic mass is 10.1. The number of carbonyl (C=O) groups is 1. The van der Waals surface area contributed by atoms with Crippen molar-refractivity contribution in [2.75, 3.05) is 24.5 Å². The summed E-state index contributed by atoms with van der Waals surface area (Å²) in [5.41, 5.74) is 1.79. The molecule has 0 spiro atoms. The topological polar surface area (TPSA) is 54.3 Å². The van der Waals surface area contributed by atoms with Gasteiger partial charge in [0.05, 0.1) is 17.8 Å². The zero-order valence-corrected chi connectivity index (χ0v) is 14.1. The van der Waals surface area contributed by atoms with Crippen LogP contribution < -0.4 is 4.90 Å². The standard InChI is InChI=1S/C18H23N5O/c1-21-13-15(12-20-21)16-5-4-10-23(16)18(24)14-6-7-17(19-11-14)22-8-2-3-9-22/h6-7,11-13,16H,2-5,8-10H2,1H3/t16-/m0/s1. The molecule has 24 heavy (non-hydrogen) atoms. The Kier molecular flexibility index (Phi) is 3.96. The van der Waals surface area contributed by atoms with E-state index in [1.807, 2.05) is 36.5 Å². The summed E-state index contributed by atoms with van der Waals surface area (Å²) in [5.74, 6) is 1.05. The van der Waals surface area contributed by atoms with Crippen molar-refractivity contribution >= 4 is 11.7 Å². The van der Waals surface area contributed by atoms with Crippen LogP contribution in [0.4, 0.5) is 5.82 Å². The predicted octanol–water partition coefficient (Wildman–Crippen LogP) is 2.39. The van der Waals surface area contributed by atoms with E-state index in [-0.39, 0.29) is 11.9 Å². The molecule has 2 aliphatic heterocycles. The van der Waals surface area contributed by atoms with Crippen molar-refractivity contribution in [1.29, 1.82) is 0 Å². The van der Waals surface area contributed by atoms with Gasteiger partial charge in [0, 0.05) is 44.6 Å². The quantitative estimate of drug-likeness (QED) is 0.869. The minimum Gasteiger partial charge on any atom is -0.357 e. The van der Waals surface area contributed by atoms with Crippen LogP contribution in [0.1, 0.15) is 47.6 Å². The Morgan fingerprint density at radius 3 is 2.62 bits per heavy atom. The van der Waals surface area contributed by atoms with Gasteiger partial charge in [0.15, 0.2) is 0 Å². The molecular weight excluding hydrogens is 302 g/mol. The van der Waals surface area contributed by atoms with Crippen molar-refractivity contribution < 1.29 is 4.79 Å². The second-order valence-corrected chi connectivity index (χ2v) is 6.70. The average molecular weight is 325 g/mol. The van der Waals surface area contributed by atoms with Crippen LogP contribution in [0.5, 0.6) is 0 Å². The predicted molar refractivity (Wildman–Crippen MR) is 91.9 cm³/mol. The van der Waals surface area contributed by atoms with E-state index in [1.165, 1.54) is 12.8 Å². The normalized spacial score (nSPS) is 20.8. The monoisotopic (exact) mass is 325 g/mol. The average Bonchev–Trinajstić information content (AvgIpc) is 3.35. The van der Waals surface area contributed by atoms with Gasteiger partial charge in [-0.05, 0) is 37.8 Å². The van der Waals surface area contributed by atoms with Gasteiger partial charge < -0.3 is 9.80 Å². The molecule has 0 saturated carbocycles. The van der Waals surface area contributed by atoms with Crippen LogP contribution in [0.25, 0.3) is 0 Å². The van der Waals surface area contributed by atoms with Gasteiger partial charge >= 0.3 is 0 Å². The molecule has 0 aromatic carbocycles. The van der Waals surface area contributed by atoms with Crippen LogP contribution in [0.3, 0.4) is 0 Å². The van der Waals surface area contributed by atoms with E-state index >= 15 is 0 Å². The highest BCUT2D eigenvalue weighted by Gasteiger charge is 2.31. The first kappa shape index (κ1) is 15.2. The number of likely N-dealkylation sites (tertiary alicyclic amines) is 1. The Bertz CT molecular complexity index is 717. The van der Waals surface area contributed by atoms with Gasteiger partial charge in [-0.15, -0.1) is 0 Å². The molecule has 2 saturated heterocycles. The lowest BCUT2D eigenvalue weighted by molar-refractivity contribution is 0.0735. The second kappa shape index (κ2) is 6.26. The smallest absolute Gasteiger partial charge is 0.255 e. The van der Waals surface area contributed by atoms with Gasteiger partial charge in [0.2, 0.25) is 0 Å².